The van der Waals surface area contributed by atoms with Crippen LogP contribution in [-0.4, -0.2) is 13.4 Å². The van der Waals surface area contributed by atoms with Crippen molar-refractivity contribution in [2.45, 2.75) is 18.7 Å². The van der Waals surface area contributed by atoms with Crippen LogP contribution in [0.4, 0.5) is 11.4 Å². The Bertz CT molecular complexity index is 809. The first-order chi connectivity index (χ1) is 9.70. The Morgan fingerprint density at radius 2 is 1.95 bits per heavy atom. The van der Waals surface area contributed by atoms with Crippen molar-refractivity contribution in [3.05, 3.63) is 45.1 Å². The fourth-order valence-electron chi connectivity index (χ4n) is 1.82. The number of nitrogen functional groups attached to an aromatic ring is 1. The van der Waals surface area contributed by atoms with Crippen LogP contribution in [0.1, 0.15) is 11.1 Å². The maximum atomic E-state index is 12.5. The van der Waals surface area contributed by atoms with E-state index in [-0.39, 0.29) is 10.0 Å². The molecule has 1 aromatic carbocycles. The summed E-state index contributed by atoms with van der Waals surface area (Å²) in [6.45, 7) is 3.45. The smallest absolute Gasteiger partial charge is 0.262 e. The normalized spacial score (nSPS) is 11.4. The molecule has 21 heavy (non-hydrogen) atoms. The van der Waals surface area contributed by atoms with Gasteiger partial charge in [0, 0.05) is 5.69 Å². The number of aromatic nitrogens is 1. The molecule has 5 nitrogen and oxygen atoms in total. The first-order valence-electron chi connectivity index (χ1n) is 5.91. The molecule has 2 rings (SSSR count). The molecule has 2 aromatic rings. The highest BCUT2D eigenvalue weighted by molar-refractivity contribution is 9.10. The Labute approximate surface area is 136 Å². The summed E-state index contributed by atoms with van der Waals surface area (Å²) in [6.07, 6.45) is 1.35. The number of nitrogens with one attached hydrogen (secondary N) is 1. The predicted octanol–water partition coefficient (Wildman–Crippen LogP) is 3.50. The number of sulfonamides is 1. The number of halogens is 2. The van der Waals surface area contributed by atoms with Gasteiger partial charge in [0.05, 0.1) is 21.3 Å². The zero-order valence-corrected chi connectivity index (χ0v) is 14.5. The van der Waals surface area contributed by atoms with E-state index in [1.54, 1.807) is 32.0 Å². The molecule has 0 amide bonds. The molecule has 0 saturated carbocycles. The summed E-state index contributed by atoms with van der Waals surface area (Å²) in [5, 5.41) is 0.258. The first kappa shape index (κ1) is 16.1. The van der Waals surface area contributed by atoms with Gasteiger partial charge in [0.1, 0.15) is 5.15 Å². The van der Waals surface area contributed by atoms with E-state index < -0.39 is 10.0 Å². The number of nitrogens with two attached hydrogens (primary N) is 1. The molecule has 112 valence electrons. The minimum absolute atomic E-state index is 0.145. The number of nitrogens with zero attached hydrogens (tertiary/aromatic N) is 1. The van der Waals surface area contributed by atoms with Crippen LogP contribution in [-0.2, 0) is 10.0 Å². The maximum Gasteiger partial charge on any atom is 0.262 e. The first-order valence-corrected chi connectivity index (χ1v) is 8.56. The molecule has 0 atom stereocenters. The number of rotatable bonds is 3. The minimum atomic E-state index is -3.75. The molecule has 0 fully saturated rings. The molecule has 0 aliphatic carbocycles. The third-order valence-corrected chi connectivity index (χ3v) is 5.52. The van der Waals surface area contributed by atoms with Gasteiger partial charge in [0.25, 0.3) is 10.0 Å². The summed E-state index contributed by atoms with van der Waals surface area (Å²) >= 11 is 8.98. The number of hydrogen-bond donors (Lipinski definition) is 2. The monoisotopic (exact) mass is 389 g/mol. The fraction of sp³-hybridized carbons (Fsp3) is 0.154. The van der Waals surface area contributed by atoms with E-state index in [9.17, 15) is 8.42 Å². The molecular formula is C13H13BrClN3O2S. The number of anilines is 2. The van der Waals surface area contributed by atoms with E-state index in [0.717, 1.165) is 5.56 Å². The zero-order valence-electron chi connectivity index (χ0n) is 11.3. The summed E-state index contributed by atoms with van der Waals surface area (Å²) < 4.78 is 27.9. The average Bonchev–Trinajstić information content (AvgIpc) is 2.37. The van der Waals surface area contributed by atoms with Gasteiger partial charge in [-0.3, -0.25) is 4.72 Å². The molecule has 0 radical (unpaired) electrons. The van der Waals surface area contributed by atoms with Crippen molar-refractivity contribution in [3.63, 3.8) is 0 Å². The van der Waals surface area contributed by atoms with Crippen molar-refractivity contribution in [2.75, 3.05) is 10.5 Å². The highest BCUT2D eigenvalue weighted by atomic mass is 79.9. The number of pyridine rings is 1. The van der Waals surface area contributed by atoms with Crippen LogP contribution in [0, 0.1) is 13.8 Å². The lowest BCUT2D eigenvalue weighted by molar-refractivity contribution is 0.600. The van der Waals surface area contributed by atoms with Gasteiger partial charge >= 0.3 is 0 Å². The molecule has 1 aromatic heterocycles. The number of benzene rings is 1. The second-order valence-electron chi connectivity index (χ2n) is 4.58. The van der Waals surface area contributed by atoms with Crippen molar-refractivity contribution >= 4 is 48.9 Å². The third-order valence-electron chi connectivity index (χ3n) is 2.88. The van der Waals surface area contributed by atoms with Gasteiger partial charge in [-0.15, -0.1) is 0 Å². The van der Waals surface area contributed by atoms with Gasteiger partial charge in [0.2, 0.25) is 0 Å². The lowest BCUT2D eigenvalue weighted by Gasteiger charge is -2.13. The molecular weight excluding hydrogens is 378 g/mol. The Balaban J connectivity index is 2.45. The van der Waals surface area contributed by atoms with Crippen LogP contribution in [0.15, 0.2) is 33.8 Å². The van der Waals surface area contributed by atoms with Gasteiger partial charge in [-0.25, -0.2) is 13.4 Å². The van der Waals surface area contributed by atoms with E-state index in [2.05, 4.69) is 25.6 Å². The van der Waals surface area contributed by atoms with Crippen LogP contribution < -0.4 is 10.5 Å². The second kappa shape index (κ2) is 5.82. The van der Waals surface area contributed by atoms with Crippen LogP contribution in [0.2, 0.25) is 5.15 Å². The predicted molar refractivity (Wildman–Crippen MR) is 88.1 cm³/mol. The molecule has 0 spiro atoms. The Kier molecular flexibility index (Phi) is 4.46. The summed E-state index contributed by atoms with van der Waals surface area (Å²) in [5.74, 6) is 0. The summed E-state index contributed by atoms with van der Waals surface area (Å²) in [7, 11) is -3.75. The largest absolute Gasteiger partial charge is 0.398 e. The van der Waals surface area contributed by atoms with E-state index in [4.69, 9.17) is 17.3 Å². The minimum Gasteiger partial charge on any atom is -0.398 e. The van der Waals surface area contributed by atoms with E-state index in [0.29, 0.717) is 21.4 Å². The van der Waals surface area contributed by atoms with Crippen LogP contribution in [0.3, 0.4) is 0 Å². The summed E-state index contributed by atoms with van der Waals surface area (Å²) in [4.78, 5) is 4.03. The zero-order chi connectivity index (χ0) is 15.8. The fourth-order valence-corrected chi connectivity index (χ4v) is 3.67. The number of hydrogen-bond acceptors (Lipinski definition) is 4. The Hall–Kier alpha value is -1.31. The van der Waals surface area contributed by atoms with Crippen molar-refractivity contribution in [3.8, 4) is 0 Å². The van der Waals surface area contributed by atoms with E-state index in [1.807, 2.05) is 0 Å². The third kappa shape index (κ3) is 3.48. The van der Waals surface area contributed by atoms with E-state index >= 15 is 0 Å². The lowest BCUT2D eigenvalue weighted by Crippen LogP contribution is -2.15. The molecule has 0 saturated heterocycles. The average molecular weight is 391 g/mol. The summed E-state index contributed by atoms with van der Waals surface area (Å²) in [5.41, 5.74) is 7.85. The topological polar surface area (TPSA) is 85.1 Å². The van der Waals surface area contributed by atoms with Crippen molar-refractivity contribution < 1.29 is 8.42 Å². The van der Waals surface area contributed by atoms with Crippen molar-refractivity contribution in [1.29, 1.82) is 0 Å². The molecule has 0 aliphatic heterocycles. The van der Waals surface area contributed by atoms with Crippen molar-refractivity contribution in [2.24, 2.45) is 0 Å². The highest BCUT2D eigenvalue weighted by Gasteiger charge is 2.19. The standard InChI is InChI=1S/C13H13BrClN3O2S/c1-7-3-11(16)8(2)12(4-7)21(19,20)18-9-5-10(14)13(15)17-6-9/h3-6,18H,16H2,1-2H3. The second-order valence-corrected chi connectivity index (χ2v) is 7.44. The van der Waals surface area contributed by atoms with Gasteiger partial charge < -0.3 is 5.73 Å². The molecule has 1 heterocycles. The maximum absolute atomic E-state index is 12.5. The van der Waals surface area contributed by atoms with E-state index in [1.165, 1.54) is 6.20 Å². The van der Waals surface area contributed by atoms with Crippen LogP contribution in [0.25, 0.3) is 0 Å². The molecule has 0 unspecified atom stereocenters. The molecule has 3 N–H and O–H groups in total. The Morgan fingerprint density at radius 3 is 2.57 bits per heavy atom. The molecule has 8 heteroatoms. The van der Waals surface area contributed by atoms with Crippen molar-refractivity contribution in [1.82, 2.24) is 4.98 Å². The van der Waals surface area contributed by atoms with Crippen LogP contribution >= 0.6 is 27.5 Å². The van der Waals surface area contributed by atoms with Crippen LogP contribution in [0.5, 0.6) is 0 Å². The lowest BCUT2D eigenvalue weighted by atomic mass is 10.1. The quantitative estimate of drug-likeness (QED) is 0.620. The van der Waals surface area contributed by atoms with Gasteiger partial charge in [-0.2, -0.15) is 0 Å². The highest BCUT2D eigenvalue weighted by Crippen LogP contribution is 2.27. The molecule has 0 bridgehead atoms. The SMILES string of the molecule is Cc1cc(N)c(C)c(S(=O)(=O)Nc2cnc(Cl)c(Br)c2)c1. The van der Waals surface area contributed by atoms with Gasteiger partial charge in [0.15, 0.2) is 0 Å². The van der Waals surface area contributed by atoms with Gasteiger partial charge in [-0.05, 0) is 59.1 Å². The Morgan fingerprint density at radius 1 is 1.29 bits per heavy atom. The molecule has 0 aliphatic rings. The van der Waals surface area contributed by atoms with Gasteiger partial charge in [-0.1, -0.05) is 11.6 Å². The summed E-state index contributed by atoms with van der Waals surface area (Å²) in [6, 6.07) is 4.85. The number of aryl methyl sites for hydroxylation is 1.